The van der Waals surface area contributed by atoms with Gasteiger partial charge in [0.05, 0.1) is 22.1 Å². The van der Waals surface area contributed by atoms with E-state index in [4.69, 9.17) is 11.6 Å². The van der Waals surface area contributed by atoms with Crippen molar-refractivity contribution in [2.75, 3.05) is 15.5 Å². The lowest BCUT2D eigenvalue weighted by atomic mass is 10.1. The third kappa shape index (κ3) is 4.90. The fraction of sp³-hybridized carbons (Fsp3) is 0. The zero-order valence-corrected chi connectivity index (χ0v) is 19.3. The highest BCUT2D eigenvalue weighted by molar-refractivity contribution is 6.36. The second-order valence-corrected chi connectivity index (χ2v) is 8.22. The van der Waals surface area contributed by atoms with Gasteiger partial charge in [-0.2, -0.15) is 0 Å². The molecule has 4 heteroatoms. The van der Waals surface area contributed by atoms with Crippen LogP contribution in [0.2, 0.25) is 5.02 Å². The third-order valence-corrected chi connectivity index (χ3v) is 5.86. The smallest absolute Gasteiger partial charge is 0.0877 e. The van der Waals surface area contributed by atoms with Crippen LogP contribution in [0, 0.1) is 0 Å². The number of para-hydroxylation sites is 4. The van der Waals surface area contributed by atoms with E-state index in [1.165, 1.54) is 0 Å². The summed E-state index contributed by atoms with van der Waals surface area (Å²) in [5.41, 5.74) is 6.69. The highest BCUT2D eigenvalue weighted by atomic mass is 35.5. The van der Waals surface area contributed by atoms with Crippen molar-refractivity contribution in [1.82, 2.24) is 0 Å². The van der Waals surface area contributed by atoms with Crippen LogP contribution in [0.3, 0.4) is 0 Å². The molecule has 3 nitrogen and oxygen atoms in total. The first-order chi connectivity index (χ1) is 16.8. The number of rotatable bonds is 7. The molecule has 5 aromatic carbocycles. The van der Waals surface area contributed by atoms with Crippen LogP contribution in [0.25, 0.3) is 0 Å². The van der Waals surface area contributed by atoms with E-state index in [2.05, 4.69) is 51.9 Å². The van der Waals surface area contributed by atoms with E-state index in [9.17, 15) is 0 Å². The Kier molecular flexibility index (Phi) is 6.46. The normalized spacial score (nSPS) is 10.5. The number of nitrogens with one attached hydrogen (secondary N) is 2. The van der Waals surface area contributed by atoms with E-state index in [0.29, 0.717) is 5.02 Å². The Bertz CT molecular complexity index is 1240. The molecule has 5 rings (SSSR count). The second-order valence-electron chi connectivity index (χ2n) is 7.84. The SMILES string of the molecule is Clc1c(Nc2ccccc2)cc(N(c2ccccc2)c2ccccc2)cc1Nc1ccccc1. The van der Waals surface area contributed by atoms with Crippen molar-refractivity contribution in [3.05, 3.63) is 138 Å². The second kappa shape index (κ2) is 10.2. The maximum absolute atomic E-state index is 6.93. The summed E-state index contributed by atoms with van der Waals surface area (Å²) in [5, 5.41) is 7.62. The predicted molar refractivity (Wildman–Crippen MR) is 146 cm³/mol. The molecule has 0 amide bonds. The van der Waals surface area contributed by atoms with Crippen molar-refractivity contribution in [2.45, 2.75) is 0 Å². The Morgan fingerprint density at radius 3 is 1.18 bits per heavy atom. The number of hydrogen-bond donors (Lipinski definition) is 2. The Hall–Kier alpha value is -4.21. The first kappa shape index (κ1) is 21.6. The van der Waals surface area contributed by atoms with Gasteiger partial charge in [-0.3, -0.25) is 0 Å². The summed E-state index contributed by atoms with van der Waals surface area (Å²) < 4.78 is 0. The van der Waals surface area contributed by atoms with Crippen LogP contribution >= 0.6 is 11.6 Å². The zero-order chi connectivity index (χ0) is 23.2. The molecule has 0 spiro atoms. The van der Waals surface area contributed by atoms with Crippen LogP contribution in [0.1, 0.15) is 0 Å². The van der Waals surface area contributed by atoms with E-state index in [-0.39, 0.29) is 0 Å². The van der Waals surface area contributed by atoms with Gasteiger partial charge in [-0.25, -0.2) is 0 Å². The quantitative estimate of drug-likeness (QED) is 0.253. The van der Waals surface area contributed by atoms with Crippen molar-refractivity contribution in [1.29, 1.82) is 0 Å². The average Bonchev–Trinajstić information content (AvgIpc) is 2.89. The lowest BCUT2D eigenvalue weighted by molar-refractivity contribution is 1.28. The first-order valence-corrected chi connectivity index (χ1v) is 11.5. The van der Waals surface area contributed by atoms with Crippen molar-refractivity contribution in [3.8, 4) is 0 Å². The van der Waals surface area contributed by atoms with Crippen LogP contribution < -0.4 is 15.5 Å². The van der Waals surface area contributed by atoms with E-state index in [1.807, 2.05) is 97.1 Å². The van der Waals surface area contributed by atoms with Crippen LogP contribution in [0.4, 0.5) is 39.8 Å². The van der Waals surface area contributed by atoms with Gasteiger partial charge in [0, 0.05) is 22.7 Å². The maximum atomic E-state index is 6.93. The minimum absolute atomic E-state index is 0.623. The molecule has 0 aliphatic rings. The molecular weight excluding hydrogens is 438 g/mol. The van der Waals surface area contributed by atoms with Gasteiger partial charge < -0.3 is 15.5 Å². The van der Waals surface area contributed by atoms with E-state index < -0.39 is 0 Å². The molecule has 0 bridgehead atoms. The molecule has 0 aliphatic carbocycles. The van der Waals surface area contributed by atoms with Crippen LogP contribution in [-0.4, -0.2) is 0 Å². The predicted octanol–water partition coefficient (Wildman–Crippen LogP) is 9.30. The fourth-order valence-electron chi connectivity index (χ4n) is 3.88. The maximum Gasteiger partial charge on any atom is 0.0877 e. The van der Waals surface area contributed by atoms with Gasteiger partial charge >= 0.3 is 0 Å². The molecular formula is C30H24ClN3. The molecule has 0 saturated carbocycles. The van der Waals surface area contributed by atoms with Crippen LogP contribution in [-0.2, 0) is 0 Å². The first-order valence-electron chi connectivity index (χ1n) is 11.2. The highest BCUT2D eigenvalue weighted by Crippen LogP contribution is 2.42. The van der Waals surface area contributed by atoms with E-state index in [1.54, 1.807) is 0 Å². The summed E-state index contributed by atoms with van der Waals surface area (Å²) in [4.78, 5) is 2.22. The molecule has 0 saturated heterocycles. The Labute approximate surface area is 205 Å². The molecule has 2 N–H and O–H groups in total. The van der Waals surface area contributed by atoms with Crippen molar-refractivity contribution in [3.63, 3.8) is 0 Å². The molecule has 0 radical (unpaired) electrons. The lowest BCUT2D eigenvalue weighted by Crippen LogP contribution is -2.11. The number of hydrogen-bond acceptors (Lipinski definition) is 3. The van der Waals surface area contributed by atoms with Gasteiger partial charge in [0.1, 0.15) is 0 Å². The molecule has 0 heterocycles. The monoisotopic (exact) mass is 461 g/mol. The third-order valence-electron chi connectivity index (χ3n) is 5.45. The van der Waals surface area contributed by atoms with Crippen LogP contribution in [0.15, 0.2) is 133 Å². The molecule has 0 unspecified atom stereocenters. The van der Waals surface area contributed by atoms with Gasteiger partial charge in [-0.1, -0.05) is 84.4 Å². The van der Waals surface area contributed by atoms with Gasteiger partial charge in [0.15, 0.2) is 0 Å². The van der Waals surface area contributed by atoms with Crippen LogP contribution in [0.5, 0.6) is 0 Å². The minimum Gasteiger partial charge on any atom is -0.354 e. The summed E-state index contributed by atoms with van der Waals surface area (Å²) in [6.07, 6.45) is 0. The summed E-state index contributed by atoms with van der Waals surface area (Å²) in [7, 11) is 0. The molecule has 0 aliphatic heterocycles. The molecule has 5 aromatic rings. The average molecular weight is 462 g/mol. The van der Waals surface area contributed by atoms with E-state index >= 15 is 0 Å². The number of benzene rings is 5. The van der Waals surface area contributed by atoms with Crippen molar-refractivity contribution >= 4 is 51.4 Å². The summed E-state index contributed by atoms with van der Waals surface area (Å²) >= 11 is 6.93. The number of anilines is 7. The molecule has 34 heavy (non-hydrogen) atoms. The molecule has 0 fully saturated rings. The number of halogens is 1. The zero-order valence-electron chi connectivity index (χ0n) is 18.5. The molecule has 166 valence electrons. The Morgan fingerprint density at radius 1 is 0.441 bits per heavy atom. The van der Waals surface area contributed by atoms with Gasteiger partial charge in [-0.15, -0.1) is 0 Å². The molecule has 0 atom stereocenters. The standard InChI is InChI=1S/C30H24ClN3/c31-30-28(32-23-13-5-1-6-14-23)21-27(22-29(30)33-24-15-7-2-8-16-24)34(25-17-9-3-10-18-25)26-19-11-4-12-20-26/h1-22,32-33H. The summed E-state index contributed by atoms with van der Waals surface area (Å²) in [6, 6.07) is 45.0. The number of nitrogens with zero attached hydrogens (tertiary/aromatic N) is 1. The summed E-state index contributed by atoms with van der Waals surface area (Å²) in [6.45, 7) is 0. The Morgan fingerprint density at radius 2 is 0.794 bits per heavy atom. The van der Waals surface area contributed by atoms with Gasteiger partial charge in [-0.05, 0) is 60.7 Å². The van der Waals surface area contributed by atoms with Gasteiger partial charge in [0.2, 0.25) is 0 Å². The van der Waals surface area contributed by atoms with Gasteiger partial charge in [0.25, 0.3) is 0 Å². The van der Waals surface area contributed by atoms with Crippen molar-refractivity contribution < 1.29 is 0 Å². The topological polar surface area (TPSA) is 27.3 Å². The fourth-order valence-corrected chi connectivity index (χ4v) is 4.08. The Balaban J connectivity index is 1.66. The molecule has 0 aromatic heterocycles. The van der Waals surface area contributed by atoms with E-state index in [0.717, 1.165) is 39.8 Å². The van der Waals surface area contributed by atoms with Crippen molar-refractivity contribution in [2.24, 2.45) is 0 Å². The highest BCUT2D eigenvalue weighted by Gasteiger charge is 2.17. The lowest BCUT2D eigenvalue weighted by Gasteiger charge is -2.27. The minimum atomic E-state index is 0.623. The largest absolute Gasteiger partial charge is 0.354 e. The summed E-state index contributed by atoms with van der Waals surface area (Å²) in [5.74, 6) is 0.